The predicted molar refractivity (Wildman–Crippen MR) is 120 cm³/mol. The van der Waals surface area contributed by atoms with Crippen molar-refractivity contribution >= 4 is 40.0 Å². The Morgan fingerprint density at radius 3 is 2.74 bits per heavy atom. The van der Waals surface area contributed by atoms with Crippen molar-refractivity contribution in [1.82, 2.24) is 24.3 Å². The van der Waals surface area contributed by atoms with Crippen molar-refractivity contribution in [3.63, 3.8) is 0 Å². The molecule has 31 heavy (non-hydrogen) atoms. The summed E-state index contributed by atoms with van der Waals surface area (Å²) in [7, 11) is 0. The van der Waals surface area contributed by atoms with Gasteiger partial charge in [0.2, 0.25) is 5.13 Å². The molecule has 3 aromatic heterocycles. The largest absolute Gasteiger partial charge is 0.436 e. The molecular weight excluding hydrogens is 434 g/mol. The highest BCUT2D eigenvalue weighted by molar-refractivity contribution is 7.99. The average Bonchev–Trinajstić information content (AvgIpc) is 3.15. The number of H-pyrrole nitrogens is 1. The molecule has 9 nitrogen and oxygen atoms in total. The fraction of sp³-hybridized carbons (Fsp3) is 0.100. The molecule has 4 aromatic rings. The number of hydrogen-bond donors (Lipinski definition) is 3. The van der Waals surface area contributed by atoms with Gasteiger partial charge in [-0.1, -0.05) is 30.0 Å². The van der Waals surface area contributed by atoms with Gasteiger partial charge in [0.1, 0.15) is 16.6 Å². The van der Waals surface area contributed by atoms with Crippen molar-refractivity contribution in [2.24, 2.45) is 0 Å². The van der Waals surface area contributed by atoms with Crippen LogP contribution in [0.15, 0.2) is 63.5 Å². The Kier molecular flexibility index (Phi) is 6.05. The van der Waals surface area contributed by atoms with Gasteiger partial charge in [-0.2, -0.15) is 4.37 Å². The Hall–Kier alpha value is -3.57. The molecule has 0 saturated heterocycles. The van der Waals surface area contributed by atoms with E-state index in [1.807, 2.05) is 30.3 Å². The Morgan fingerprint density at radius 1 is 1.23 bits per heavy atom. The summed E-state index contributed by atoms with van der Waals surface area (Å²) in [5.74, 6) is 1.89. The van der Waals surface area contributed by atoms with Crippen molar-refractivity contribution in [1.29, 1.82) is 5.41 Å². The molecule has 4 rings (SSSR count). The van der Waals surface area contributed by atoms with Gasteiger partial charge < -0.3 is 20.4 Å². The first-order valence-electron chi connectivity index (χ1n) is 9.12. The number of anilines is 2. The Morgan fingerprint density at radius 2 is 2.03 bits per heavy atom. The molecule has 0 aliphatic heterocycles. The van der Waals surface area contributed by atoms with E-state index < -0.39 is 0 Å². The molecule has 0 amide bonds. The van der Waals surface area contributed by atoms with Gasteiger partial charge in [0.05, 0.1) is 11.8 Å². The van der Waals surface area contributed by atoms with Crippen molar-refractivity contribution in [3.8, 4) is 11.6 Å². The monoisotopic (exact) mass is 451 g/mol. The molecule has 0 fully saturated rings. The van der Waals surface area contributed by atoms with Gasteiger partial charge in [0, 0.05) is 28.3 Å². The molecule has 1 aromatic carbocycles. The first-order chi connectivity index (χ1) is 15.0. The Bertz CT molecular complexity index is 1290. The topological polar surface area (TPSA) is 130 Å². The van der Waals surface area contributed by atoms with E-state index in [1.165, 1.54) is 23.3 Å². The van der Waals surface area contributed by atoms with Crippen molar-refractivity contribution in [2.75, 3.05) is 5.32 Å². The van der Waals surface area contributed by atoms with Crippen LogP contribution in [0.25, 0.3) is 0 Å². The molecular formula is C20H17N7O2S2. The number of ether oxygens (including phenoxy) is 1. The third-order valence-corrected chi connectivity index (χ3v) is 5.63. The number of aromatic nitrogens is 5. The lowest BCUT2D eigenvalue weighted by molar-refractivity contribution is 0.458. The van der Waals surface area contributed by atoms with Gasteiger partial charge >= 0.3 is 0 Å². The quantitative estimate of drug-likeness (QED) is 0.353. The van der Waals surface area contributed by atoms with Crippen LogP contribution in [0.2, 0.25) is 0 Å². The number of benzene rings is 1. The van der Waals surface area contributed by atoms with E-state index in [2.05, 4.69) is 29.6 Å². The maximum atomic E-state index is 12.1. The lowest BCUT2D eigenvalue weighted by Crippen LogP contribution is -2.16. The molecule has 0 aliphatic rings. The average molecular weight is 452 g/mol. The van der Waals surface area contributed by atoms with Crippen molar-refractivity contribution < 1.29 is 4.74 Å². The Balaban J connectivity index is 1.70. The zero-order valence-electron chi connectivity index (χ0n) is 16.5. The fourth-order valence-electron chi connectivity index (χ4n) is 2.63. The SMILES string of the molecule is CC(=N)c1c(Sc2cnc(Nc3nc(C)ns3)c(Oc3ccccc3)n2)cc[nH]c1=O. The van der Waals surface area contributed by atoms with Crippen molar-refractivity contribution in [3.05, 3.63) is 70.5 Å². The fourth-order valence-corrected chi connectivity index (χ4v) is 4.14. The highest BCUT2D eigenvalue weighted by Gasteiger charge is 2.16. The van der Waals surface area contributed by atoms with E-state index in [-0.39, 0.29) is 17.2 Å². The predicted octanol–water partition coefficient (Wildman–Crippen LogP) is 4.40. The number of hydrogen-bond acceptors (Lipinski definition) is 10. The lowest BCUT2D eigenvalue weighted by atomic mass is 10.2. The summed E-state index contributed by atoms with van der Waals surface area (Å²) in [4.78, 5) is 28.7. The summed E-state index contributed by atoms with van der Waals surface area (Å²) < 4.78 is 10.1. The summed E-state index contributed by atoms with van der Waals surface area (Å²) >= 11 is 2.44. The summed E-state index contributed by atoms with van der Waals surface area (Å²) in [5, 5.41) is 12.1. The second-order valence-corrected chi connectivity index (χ2v) is 8.14. The van der Waals surface area contributed by atoms with Crippen LogP contribution in [0.3, 0.4) is 0 Å². The normalized spacial score (nSPS) is 10.6. The molecule has 0 aliphatic carbocycles. The van der Waals surface area contributed by atoms with E-state index >= 15 is 0 Å². The number of aryl methyl sites for hydroxylation is 1. The van der Waals surface area contributed by atoms with E-state index in [0.29, 0.717) is 38.0 Å². The number of pyridine rings is 1. The molecule has 0 radical (unpaired) electrons. The van der Waals surface area contributed by atoms with Gasteiger partial charge in [-0.05, 0) is 32.0 Å². The van der Waals surface area contributed by atoms with Crippen LogP contribution >= 0.6 is 23.3 Å². The first kappa shape index (κ1) is 20.7. The smallest absolute Gasteiger partial charge is 0.264 e. The first-order valence-corrected chi connectivity index (χ1v) is 10.7. The number of para-hydroxylation sites is 1. The van der Waals surface area contributed by atoms with Crippen LogP contribution in [0.1, 0.15) is 18.3 Å². The molecule has 3 heterocycles. The van der Waals surface area contributed by atoms with E-state index in [1.54, 1.807) is 32.3 Å². The van der Waals surface area contributed by atoms with Gasteiger partial charge in [0.25, 0.3) is 11.4 Å². The third-order valence-electron chi connectivity index (χ3n) is 3.94. The second-order valence-electron chi connectivity index (χ2n) is 6.32. The molecule has 0 saturated carbocycles. The van der Waals surface area contributed by atoms with Crippen LogP contribution < -0.4 is 15.6 Å². The zero-order chi connectivity index (χ0) is 21.8. The van der Waals surface area contributed by atoms with Crippen LogP contribution in [-0.2, 0) is 0 Å². The maximum Gasteiger partial charge on any atom is 0.264 e. The molecule has 0 unspecified atom stereocenters. The van der Waals surface area contributed by atoms with E-state index in [0.717, 1.165) is 0 Å². The third kappa shape index (κ3) is 4.95. The summed E-state index contributed by atoms with van der Waals surface area (Å²) in [5.41, 5.74) is 0.144. The Labute approximate surface area is 185 Å². The van der Waals surface area contributed by atoms with Crippen LogP contribution in [0.4, 0.5) is 10.9 Å². The molecule has 156 valence electrons. The van der Waals surface area contributed by atoms with Crippen molar-refractivity contribution in [2.45, 2.75) is 23.8 Å². The highest BCUT2D eigenvalue weighted by Crippen LogP contribution is 2.34. The van der Waals surface area contributed by atoms with Crippen LogP contribution in [0.5, 0.6) is 11.6 Å². The highest BCUT2D eigenvalue weighted by atomic mass is 32.2. The van der Waals surface area contributed by atoms with Gasteiger partial charge in [0.15, 0.2) is 5.82 Å². The summed E-state index contributed by atoms with van der Waals surface area (Å²) in [6, 6.07) is 11.0. The molecule has 0 spiro atoms. The second kappa shape index (κ2) is 9.06. The van der Waals surface area contributed by atoms with Crippen LogP contribution in [0, 0.1) is 12.3 Å². The van der Waals surface area contributed by atoms with Gasteiger partial charge in [-0.3, -0.25) is 4.79 Å². The molecule has 3 N–H and O–H groups in total. The molecule has 0 bridgehead atoms. The number of rotatable bonds is 7. The van der Waals surface area contributed by atoms with Gasteiger partial charge in [-0.15, -0.1) is 0 Å². The van der Waals surface area contributed by atoms with E-state index in [9.17, 15) is 4.79 Å². The zero-order valence-corrected chi connectivity index (χ0v) is 18.2. The molecule has 11 heteroatoms. The summed E-state index contributed by atoms with van der Waals surface area (Å²) in [6.45, 7) is 3.38. The number of nitrogens with one attached hydrogen (secondary N) is 3. The summed E-state index contributed by atoms with van der Waals surface area (Å²) in [6.07, 6.45) is 3.11. The lowest BCUT2D eigenvalue weighted by Gasteiger charge is -2.12. The number of nitrogens with zero attached hydrogens (tertiary/aromatic N) is 4. The van der Waals surface area contributed by atoms with Crippen LogP contribution in [-0.4, -0.2) is 30.0 Å². The maximum absolute atomic E-state index is 12.1. The minimum absolute atomic E-state index is 0.169. The standard InChI is InChI=1S/C20H17N7O2S2/c1-11(21)16-14(8-9-22-18(16)28)30-15-10-23-17(26-20-24-12(2)27-31-20)19(25-15)29-13-6-4-3-5-7-13/h3-10,21H,1-2H3,(H,22,28)(H,23,24,26,27). The van der Waals surface area contributed by atoms with E-state index in [4.69, 9.17) is 10.1 Å². The van der Waals surface area contributed by atoms with Gasteiger partial charge in [-0.25, -0.2) is 15.0 Å². The molecule has 0 atom stereocenters. The minimum atomic E-state index is -0.323. The minimum Gasteiger partial charge on any atom is -0.436 e. The number of aromatic amines is 1.